The average Bonchev–Trinajstić information content (AvgIpc) is 3.34. The van der Waals surface area contributed by atoms with Crippen molar-refractivity contribution in [3.8, 4) is 5.75 Å². The molecule has 148 valence electrons. The van der Waals surface area contributed by atoms with Gasteiger partial charge in [-0.05, 0) is 44.2 Å². The molecule has 0 unspecified atom stereocenters. The van der Waals surface area contributed by atoms with Gasteiger partial charge in [-0.25, -0.2) is 14.6 Å². The highest BCUT2D eigenvalue weighted by Crippen LogP contribution is 2.21. The molecule has 0 atom stereocenters. The van der Waals surface area contributed by atoms with Crippen LogP contribution >= 0.6 is 22.9 Å². The van der Waals surface area contributed by atoms with E-state index in [0.717, 1.165) is 11.0 Å². The Hall–Kier alpha value is -2.97. The van der Waals surface area contributed by atoms with Gasteiger partial charge in [0, 0.05) is 21.8 Å². The molecule has 0 saturated carbocycles. The van der Waals surface area contributed by atoms with Gasteiger partial charge >= 0.3 is 0 Å². The molecular weight excluding hydrogens is 410 g/mol. The van der Waals surface area contributed by atoms with Crippen molar-refractivity contribution in [1.29, 1.82) is 0 Å². The predicted molar refractivity (Wildman–Crippen MR) is 114 cm³/mol. The molecule has 29 heavy (non-hydrogen) atoms. The molecule has 0 aliphatic heterocycles. The minimum Gasteiger partial charge on any atom is -0.486 e. The molecule has 0 fully saturated rings. The molecule has 0 spiro atoms. The summed E-state index contributed by atoms with van der Waals surface area (Å²) in [7, 11) is 0. The maximum absolute atomic E-state index is 12.5. The van der Waals surface area contributed by atoms with E-state index in [4.69, 9.17) is 16.3 Å². The maximum atomic E-state index is 12.5. The van der Waals surface area contributed by atoms with Gasteiger partial charge in [-0.3, -0.25) is 4.79 Å². The number of carbonyl (C=O) groups excluding carboxylic acids is 1. The number of hydrogen-bond donors (Lipinski definition) is 1. The van der Waals surface area contributed by atoms with Gasteiger partial charge < -0.3 is 10.1 Å². The molecule has 9 heteroatoms. The monoisotopic (exact) mass is 427 g/mol. The van der Waals surface area contributed by atoms with Crippen molar-refractivity contribution in [2.24, 2.45) is 0 Å². The van der Waals surface area contributed by atoms with Gasteiger partial charge in [0.15, 0.2) is 5.65 Å². The lowest BCUT2D eigenvalue weighted by Crippen LogP contribution is -2.13. The highest BCUT2D eigenvalue weighted by Gasteiger charge is 2.13. The lowest BCUT2D eigenvalue weighted by molar-refractivity contribution is 0.102. The van der Waals surface area contributed by atoms with Gasteiger partial charge in [0.25, 0.3) is 5.91 Å². The predicted octanol–water partition coefficient (Wildman–Crippen LogP) is 4.95. The first-order valence-corrected chi connectivity index (χ1v) is 10.2. The van der Waals surface area contributed by atoms with Crippen LogP contribution in [-0.2, 0) is 6.61 Å². The topological polar surface area (TPSA) is 81.9 Å². The van der Waals surface area contributed by atoms with Crippen molar-refractivity contribution in [2.45, 2.75) is 26.5 Å². The number of halogens is 1. The SMILES string of the molecule is CC(C)n1ncc2cc(NC(=O)c3csc(COc4ccc(Cl)cc4)n3)cnc21. The molecular formula is C20H18ClN5O2S. The fourth-order valence-corrected chi connectivity index (χ4v) is 3.55. The fraction of sp³-hybridized carbons (Fsp3) is 0.200. The van der Waals surface area contributed by atoms with Crippen LogP contribution in [0.3, 0.4) is 0 Å². The number of anilines is 1. The molecule has 4 rings (SSSR count). The molecule has 0 aliphatic carbocycles. The van der Waals surface area contributed by atoms with Gasteiger partial charge in [-0.15, -0.1) is 11.3 Å². The Morgan fingerprint density at radius 3 is 2.83 bits per heavy atom. The number of hydrogen-bond acceptors (Lipinski definition) is 6. The number of fused-ring (bicyclic) bond motifs is 1. The van der Waals surface area contributed by atoms with Crippen LogP contribution in [0.2, 0.25) is 5.02 Å². The Morgan fingerprint density at radius 1 is 1.28 bits per heavy atom. The second kappa shape index (κ2) is 8.18. The number of nitrogens with zero attached hydrogens (tertiary/aromatic N) is 4. The number of ether oxygens (including phenoxy) is 1. The van der Waals surface area contributed by atoms with Crippen molar-refractivity contribution in [2.75, 3.05) is 5.32 Å². The Balaban J connectivity index is 1.41. The molecule has 4 aromatic rings. The van der Waals surface area contributed by atoms with Crippen molar-refractivity contribution in [3.05, 3.63) is 63.8 Å². The van der Waals surface area contributed by atoms with E-state index in [0.29, 0.717) is 27.2 Å². The Morgan fingerprint density at radius 2 is 2.07 bits per heavy atom. The van der Waals surface area contributed by atoms with E-state index < -0.39 is 0 Å². The first kappa shape index (κ1) is 19.4. The van der Waals surface area contributed by atoms with Crippen molar-refractivity contribution < 1.29 is 9.53 Å². The summed E-state index contributed by atoms with van der Waals surface area (Å²) in [5.41, 5.74) is 1.72. The zero-order valence-corrected chi connectivity index (χ0v) is 17.4. The van der Waals surface area contributed by atoms with Crippen LogP contribution < -0.4 is 10.1 Å². The maximum Gasteiger partial charge on any atom is 0.275 e. The van der Waals surface area contributed by atoms with E-state index in [9.17, 15) is 4.79 Å². The Labute approximate surface area is 176 Å². The van der Waals surface area contributed by atoms with Crippen molar-refractivity contribution >= 4 is 45.6 Å². The van der Waals surface area contributed by atoms with Gasteiger partial charge in [-0.2, -0.15) is 5.10 Å². The van der Waals surface area contributed by atoms with E-state index in [1.807, 2.05) is 24.6 Å². The molecule has 0 saturated heterocycles. The summed E-state index contributed by atoms with van der Waals surface area (Å²) in [5.74, 6) is 0.397. The second-order valence-corrected chi connectivity index (χ2v) is 8.02. The van der Waals surface area contributed by atoms with Gasteiger partial charge in [0.2, 0.25) is 0 Å². The van der Waals surface area contributed by atoms with Crippen LogP contribution in [0.4, 0.5) is 5.69 Å². The number of nitrogens with one attached hydrogen (secondary N) is 1. The largest absolute Gasteiger partial charge is 0.486 e. The molecule has 1 amide bonds. The summed E-state index contributed by atoms with van der Waals surface area (Å²) in [6.07, 6.45) is 3.37. The summed E-state index contributed by atoms with van der Waals surface area (Å²) in [4.78, 5) is 21.3. The van der Waals surface area contributed by atoms with Gasteiger partial charge in [0.05, 0.1) is 18.1 Å². The number of amides is 1. The van der Waals surface area contributed by atoms with Crippen molar-refractivity contribution in [3.63, 3.8) is 0 Å². The fourth-order valence-electron chi connectivity index (χ4n) is 2.74. The van der Waals surface area contributed by atoms with E-state index >= 15 is 0 Å². The zero-order chi connectivity index (χ0) is 20.4. The van der Waals surface area contributed by atoms with E-state index in [1.54, 1.807) is 42.0 Å². The minimum absolute atomic E-state index is 0.212. The third-order valence-electron chi connectivity index (χ3n) is 4.14. The minimum atomic E-state index is -0.295. The third kappa shape index (κ3) is 4.38. The number of pyridine rings is 1. The standard InChI is InChI=1S/C20H18ClN5O2S/c1-12(2)26-19-13(8-23-26)7-15(9-22-19)24-20(27)17-11-29-18(25-17)10-28-16-5-3-14(21)4-6-16/h3-9,11-12H,10H2,1-2H3,(H,24,27). The second-order valence-electron chi connectivity index (χ2n) is 6.64. The molecule has 3 heterocycles. The number of rotatable bonds is 6. The number of thiazole rings is 1. The van der Waals surface area contributed by atoms with Crippen LogP contribution in [0.5, 0.6) is 5.75 Å². The van der Waals surface area contributed by atoms with Gasteiger partial charge in [0.1, 0.15) is 23.1 Å². The smallest absolute Gasteiger partial charge is 0.275 e. The number of benzene rings is 1. The highest BCUT2D eigenvalue weighted by atomic mass is 35.5. The number of aromatic nitrogens is 4. The van der Waals surface area contributed by atoms with Crippen LogP contribution in [0.15, 0.2) is 48.1 Å². The molecule has 7 nitrogen and oxygen atoms in total. The van der Waals surface area contributed by atoms with E-state index in [1.165, 1.54) is 11.3 Å². The van der Waals surface area contributed by atoms with Crippen LogP contribution in [0, 0.1) is 0 Å². The van der Waals surface area contributed by atoms with Crippen LogP contribution in [0.1, 0.15) is 35.4 Å². The van der Waals surface area contributed by atoms with Crippen LogP contribution in [0.25, 0.3) is 11.0 Å². The summed E-state index contributed by atoms with van der Waals surface area (Å²) in [6, 6.07) is 9.15. The van der Waals surface area contributed by atoms with E-state index in [-0.39, 0.29) is 18.6 Å². The van der Waals surface area contributed by atoms with Crippen LogP contribution in [-0.4, -0.2) is 25.7 Å². The highest BCUT2D eigenvalue weighted by molar-refractivity contribution is 7.09. The lowest BCUT2D eigenvalue weighted by atomic mass is 10.3. The first-order chi connectivity index (χ1) is 14.0. The average molecular weight is 428 g/mol. The third-order valence-corrected chi connectivity index (χ3v) is 5.21. The first-order valence-electron chi connectivity index (χ1n) is 8.97. The molecule has 0 radical (unpaired) electrons. The quantitative estimate of drug-likeness (QED) is 0.470. The molecule has 0 aliphatic rings. The Kier molecular flexibility index (Phi) is 5.46. The van der Waals surface area contributed by atoms with Gasteiger partial charge in [-0.1, -0.05) is 11.6 Å². The molecule has 1 N–H and O–H groups in total. The summed E-state index contributed by atoms with van der Waals surface area (Å²) in [5, 5.41) is 11.1. The molecule has 3 aromatic heterocycles. The summed E-state index contributed by atoms with van der Waals surface area (Å²) in [6.45, 7) is 4.36. The normalized spacial score (nSPS) is 11.2. The van der Waals surface area contributed by atoms with E-state index in [2.05, 4.69) is 20.4 Å². The summed E-state index contributed by atoms with van der Waals surface area (Å²) >= 11 is 7.23. The summed E-state index contributed by atoms with van der Waals surface area (Å²) < 4.78 is 7.51. The Bertz CT molecular complexity index is 1150. The molecule has 0 bridgehead atoms. The molecule has 1 aromatic carbocycles. The lowest BCUT2D eigenvalue weighted by Gasteiger charge is -2.07. The van der Waals surface area contributed by atoms with Crippen molar-refractivity contribution in [1.82, 2.24) is 19.7 Å². The number of carbonyl (C=O) groups is 1. The zero-order valence-electron chi connectivity index (χ0n) is 15.8.